The molecule has 0 spiro atoms. The van der Waals surface area contributed by atoms with E-state index in [-0.39, 0.29) is 5.91 Å². The van der Waals surface area contributed by atoms with Crippen LogP contribution in [0, 0.1) is 6.92 Å². The van der Waals surface area contributed by atoms with Crippen LogP contribution >= 0.6 is 15.9 Å². The number of halogens is 1. The van der Waals surface area contributed by atoms with Gasteiger partial charge in [-0.2, -0.15) is 0 Å². The molecule has 1 amide bonds. The van der Waals surface area contributed by atoms with Gasteiger partial charge in [0.25, 0.3) is 5.91 Å². The van der Waals surface area contributed by atoms with Gasteiger partial charge in [0.2, 0.25) is 0 Å². The maximum atomic E-state index is 11.8. The lowest BCUT2D eigenvalue weighted by Crippen LogP contribution is -2.22. The van der Waals surface area contributed by atoms with Crippen molar-refractivity contribution in [2.75, 3.05) is 0 Å². The topological polar surface area (TPSA) is 55.1 Å². The van der Waals surface area contributed by atoms with Gasteiger partial charge in [0.15, 0.2) is 0 Å². The SMILES string of the molecule is Cc1ccc(C(=O)NCc2ccon2)cc1Br. The van der Waals surface area contributed by atoms with Crippen LogP contribution in [0.4, 0.5) is 0 Å². The van der Waals surface area contributed by atoms with Crippen molar-refractivity contribution in [3.8, 4) is 0 Å². The molecule has 4 nitrogen and oxygen atoms in total. The average molecular weight is 295 g/mol. The minimum Gasteiger partial charge on any atom is -0.364 e. The molecule has 1 aromatic carbocycles. The molecule has 0 radical (unpaired) electrons. The summed E-state index contributed by atoms with van der Waals surface area (Å²) in [5.74, 6) is -0.131. The molecular weight excluding hydrogens is 284 g/mol. The summed E-state index contributed by atoms with van der Waals surface area (Å²) in [6, 6.07) is 7.20. The third-order valence-electron chi connectivity index (χ3n) is 2.36. The summed E-state index contributed by atoms with van der Waals surface area (Å²) < 4.78 is 5.60. The fourth-order valence-corrected chi connectivity index (χ4v) is 1.71. The number of benzene rings is 1. The Morgan fingerprint density at radius 3 is 2.94 bits per heavy atom. The molecule has 88 valence electrons. The van der Waals surface area contributed by atoms with Crippen LogP contribution in [0.15, 0.2) is 39.5 Å². The quantitative estimate of drug-likeness (QED) is 0.947. The number of carbonyl (C=O) groups excluding carboxylic acids is 1. The number of aromatic nitrogens is 1. The van der Waals surface area contributed by atoms with Crippen molar-refractivity contribution < 1.29 is 9.32 Å². The molecule has 0 aliphatic carbocycles. The Hall–Kier alpha value is -1.62. The summed E-state index contributed by atoms with van der Waals surface area (Å²) in [4.78, 5) is 11.8. The fourth-order valence-electron chi connectivity index (χ4n) is 1.34. The largest absolute Gasteiger partial charge is 0.364 e. The lowest BCUT2D eigenvalue weighted by molar-refractivity contribution is 0.0950. The number of hydrogen-bond acceptors (Lipinski definition) is 3. The Kier molecular flexibility index (Phi) is 3.58. The Labute approximate surface area is 107 Å². The number of nitrogens with zero attached hydrogens (tertiary/aromatic N) is 1. The average Bonchev–Trinajstić information content (AvgIpc) is 2.82. The van der Waals surface area contributed by atoms with Crippen LogP contribution in [0.1, 0.15) is 21.6 Å². The molecule has 0 saturated heterocycles. The van der Waals surface area contributed by atoms with Gasteiger partial charge in [-0.3, -0.25) is 4.79 Å². The number of hydrogen-bond donors (Lipinski definition) is 1. The highest BCUT2D eigenvalue weighted by molar-refractivity contribution is 9.10. The van der Waals surface area contributed by atoms with E-state index in [0.29, 0.717) is 17.8 Å². The summed E-state index contributed by atoms with van der Waals surface area (Å²) in [6.45, 7) is 2.34. The maximum absolute atomic E-state index is 11.8. The predicted octanol–water partition coefficient (Wildman–Crippen LogP) is 2.68. The highest BCUT2D eigenvalue weighted by atomic mass is 79.9. The number of rotatable bonds is 3. The van der Waals surface area contributed by atoms with Crippen LogP contribution in [0.25, 0.3) is 0 Å². The van der Waals surface area contributed by atoms with E-state index < -0.39 is 0 Å². The molecule has 0 saturated carbocycles. The molecule has 0 bridgehead atoms. The standard InChI is InChI=1S/C12H11BrN2O2/c1-8-2-3-9(6-11(8)13)12(16)14-7-10-4-5-17-15-10/h2-6H,7H2,1H3,(H,14,16). The Morgan fingerprint density at radius 1 is 1.47 bits per heavy atom. The Morgan fingerprint density at radius 2 is 2.29 bits per heavy atom. The molecule has 0 unspecified atom stereocenters. The van der Waals surface area contributed by atoms with Crippen LogP contribution in [0.2, 0.25) is 0 Å². The highest BCUT2D eigenvalue weighted by Crippen LogP contribution is 2.17. The van der Waals surface area contributed by atoms with Gasteiger partial charge in [0, 0.05) is 16.1 Å². The van der Waals surface area contributed by atoms with E-state index in [4.69, 9.17) is 0 Å². The first-order chi connectivity index (χ1) is 8.16. The summed E-state index contributed by atoms with van der Waals surface area (Å²) >= 11 is 3.40. The van der Waals surface area contributed by atoms with Crippen molar-refractivity contribution in [2.24, 2.45) is 0 Å². The molecule has 2 aromatic rings. The first kappa shape index (κ1) is 11.9. The van der Waals surface area contributed by atoms with Crippen LogP contribution in [-0.2, 0) is 6.54 Å². The summed E-state index contributed by atoms with van der Waals surface area (Å²) in [7, 11) is 0. The van der Waals surface area contributed by atoms with Crippen molar-refractivity contribution in [3.05, 3.63) is 51.8 Å². The van der Waals surface area contributed by atoms with Gasteiger partial charge in [0.05, 0.1) is 6.54 Å². The minimum atomic E-state index is -0.131. The van der Waals surface area contributed by atoms with Gasteiger partial charge in [-0.1, -0.05) is 27.2 Å². The lowest BCUT2D eigenvalue weighted by Gasteiger charge is -2.04. The van der Waals surface area contributed by atoms with Gasteiger partial charge >= 0.3 is 0 Å². The number of carbonyl (C=O) groups is 1. The molecule has 0 aliphatic rings. The second kappa shape index (κ2) is 5.14. The molecule has 0 aliphatic heterocycles. The third-order valence-corrected chi connectivity index (χ3v) is 3.21. The smallest absolute Gasteiger partial charge is 0.251 e. The third kappa shape index (κ3) is 2.94. The van der Waals surface area contributed by atoms with E-state index in [9.17, 15) is 4.79 Å². The molecule has 17 heavy (non-hydrogen) atoms. The molecule has 2 rings (SSSR count). The van der Waals surface area contributed by atoms with Crippen molar-refractivity contribution >= 4 is 21.8 Å². The second-order valence-corrected chi connectivity index (χ2v) is 4.49. The predicted molar refractivity (Wildman–Crippen MR) is 66.6 cm³/mol. The molecule has 1 aromatic heterocycles. The maximum Gasteiger partial charge on any atom is 0.251 e. The van der Waals surface area contributed by atoms with E-state index >= 15 is 0 Å². The summed E-state index contributed by atoms with van der Waals surface area (Å²) in [5, 5.41) is 6.48. The summed E-state index contributed by atoms with van der Waals surface area (Å²) in [5.41, 5.74) is 2.41. The van der Waals surface area contributed by atoms with E-state index in [0.717, 1.165) is 10.0 Å². The molecule has 5 heteroatoms. The van der Waals surface area contributed by atoms with E-state index in [2.05, 4.69) is 30.9 Å². The second-order valence-electron chi connectivity index (χ2n) is 3.64. The van der Waals surface area contributed by atoms with Crippen molar-refractivity contribution in [1.29, 1.82) is 0 Å². The normalized spacial score (nSPS) is 10.2. The fraction of sp³-hybridized carbons (Fsp3) is 0.167. The van der Waals surface area contributed by atoms with Gasteiger partial charge in [-0.15, -0.1) is 0 Å². The monoisotopic (exact) mass is 294 g/mol. The molecule has 1 heterocycles. The Balaban J connectivity index is 2.02. The number of nitrogens with one attached hydrogen (secondary N) is 1. The van der Waals surface area contributed by atoms with Crippen LogP contribution in [0.5, 0.6) is 0 Å². The highest BCUT2D eigenvalue weighted by Gasteiger charge is 2.07. The first-order valence-corrected chi connectivity index (χ1v) is 5.90. The van der Waals surface area contributed by atoms with Crippen LogP contribution in [-0.4, -0.2) is 11.1 Å². The van der Waals surface area contributed by atoms with Gasteiger partial charge < -0.3 is 9.84 Å². The molecule has 1 N–H and O–H groups in total. The lowest BCUT2D eigenvalue weighted by atomic mass is 10.1. The summed E-state index contributed by atoms with van der Waals surface area (Å²) in [6.07, 6.45) is 1.48. The van der Waals surface area contributed by atoms with Gasteiger partial charge in [-0.05, 0) is 24.6 Å². The zero-order chi connectivity index (χ0) is 12.3. The Bertz CT molecular complexity index is 523. The van der Waals surface area contributed by atoms with Gasteiger partial charge in [-0.25, -0.2) is 0 Å². The van der Waals surface area contributed by atoms with E-state index in [1.807, 2.05) is 13.0 Å². The number of amides is 1. The minimum absolute atomic E-state index is 0.131. The zero-order valence-electron chi connectivity index (χ0n) is 9.24. The number of aryl methyl sites for hydroxylation is 1. The molecule has 0 atom stereocenters. The van der Waals surface area contributed by atoms with Gasteiger partial charge in [0.1, 0.15) is 12.0 Å². The van der Waals surface area contributed by atoms with Crippen LogP contribution in [0.3, 0.4) is 0 Å². The van der Waals surface area contributed by atoms with E-state index in [1.54, 1.807) is 18.2 Å². The van der Waals surface area contributed by atoms with Crippen LogP contribution < -0.4 is 5.32 Å². The zero-order valence-corrected chi connectivity index (χ0v) is 10.8. The van der Waals surface area contributed by atoms with Crippen molar-refractivity contribution in [3.63, 3.8) is 0 Å². The van der Waals surface area contributed by atoms with Crippen molar-refractivity contribution in [2.45, 2.75) is 13.5 Å². The van der Waals surface area contributed by atoms with Crippen molar-refractivity contribution in [1.82, 2.24) is 10.5 Å². The van der Waals surface area contributed by atoms with E-state index in [1.165, 1.54) is 6.26 Å². The molecule has 0 fully saturated rings. The first-order valence-electron chi connectivity index (χ1n) is 5.10. The molecular formula is C12H11BrN2O2.